The van der Waals surface area contributed by atoms with Crippen molar-refractivity contribution < 1.29 is 9.53 Å². The molecule has 0 bridgehead atoms. The average Bonchev–Trinajstić information content (AvgIpc) is 3.05. The van der Waals surface area contributed by atoms with Crippen LogP contribution in [0.4, 0.5) is 0 Å². The van der Waals surface area contributed by atoms with Crippen molar-refractivity contribution in [1.82, 2.24) is 0 Å². The molecule has 0 N–H and O–H groups in total. The zero-order chi connectivity index (χ0) is 29.1. The summed E-state index contributed by atoms with van der Waals surface area (Å²) in [6.45, 7) is 4.58. The number of benzene rings is 3. The number of carbonyl (C=O) groups excluding carboxylic acids is 1. The second kappa shape index (κ2) is 15.6. The Morgan fingerprint density at radius 3 is 1.52 bits per heavy atom. The normalized spacial score (nSPS) is 22.5. The number of hydrogen-bond acceptors (Lipinski definition) is 2. The molecule has 3 aromatic carbocycles. The lowest BCUT2D eigenvalue weighted by atomic mass is 9.77. The van der Waals surface area contributed by atoms with Gasteiger partial charge in [-0.15, -0.1) is 0 Å². The molecule has 0 heterocycles. The highest BCUT2D eigenvalue weighted by molar-refractivity contribution is 5.91. The lowest BCUT2D eigenvalue weighted by Gasteiger charge is -2.29. The van der Waals surface area contributed by atoms with Gasteiger partial charge in [-0.2, -0.15) is 0 Å². The van der Waals surface area contributed by atoms with Crippen molar-refractivity contribution in [3.63, 3.8) is 0 Å². The molecule has 0 saturated heterocycles. The molecular formula is C40H52O2. The quantitative estimate of drug-likeness (QED) is 0.124. The SMILES string of the molecule is CCCCCC1CCC(c2ccc(-c3ccc(C(=O)Oc4ccc(C5CCC(CCCC)CC5)cc4)cc3)cc2)CC1. The maximum absolute atomic E-state index is 12.9. The first-order valence-electron chi connectivity index (χ1n) is 17.2. The molecule has 0 aliphatic heterocycles. The van der Waals surface area contributed by atoms with E-state index < -0.39 is 0 Å². The largest absolute Gasteiger partial charge is 0.423 e. The van der Waals surface area contributed by atoms with Gasteiger partial charge in [0.25, 0.3) is 0 Å². The zero-order valence-corrected chi connectivity index (χ0v) is 26.2. The highest BCUT2D eigenvalue weighted by atomic mass is 16.5. The Morgan fingerprint density at radius 2 is 1.02 bits per heavy atom. The second-order valence-corrected chi connectivity index (χ2v) is 13.2. The van der Waals surface area contributed by atoms with Gasteiger partial charge in [0.15, 0.2) is 0 Å². The number of esters is 1. The van der Waals surface area contributed by atoms with Gasteiger partial charge in [0.2, 0.25) is 0 Å². The molecule has 3 aromatic rings. The fraction of sp³-hybridized carbons (Fsp3) is 0.525. The molecule has 2 nitrogen and oxygen atoms in total. The third-order valence-electron chi connectivity index (χ3n) is 10.3. The topological polar surface area (TPSA) is 26.3 Å². The van der Waals surface area contributed by atoms with Gasteiger partial charge in [-0.05, 0) is 122 Å². The third-order valence-corrected chi connectivity index (χ3v) is 10.3. The Hall–Kier alpha value is -2.87. The molecule has 0 atom stereocenters. The van der Waals surface area contributed by atoms with Gasteiger partial charge in [0.05, 0.1) is 5.56 Å². The minimum Gasteiger partial charge on any atom is -0.423 e. The highest BCUT2D eigenvalue weighted by Gasteiger charge is 2.23. The van der Waals surface area contributed by atoms with Gasteiger partial charge in [0, 0.05) is 0 Å². The van der Waals surface area contributed by atoms with Crippen molar-refractivity contribution in [1.29, 1.82) is 0 Å². The van der Waals surface area contributed by atoms with Gasteiger partial charge >= 0.3 is 5.97 Å². The first-order valence-corrected chi connectivity index (χ1v) is 17.2. The van der Waals surface area contributed by atoms with Gasteiger partial charge in [0.1, 0.15) is 5.75 Å². The minimum atomic E-state index is -0.300. The molecule has 2 fully saturated rings. The number of hydrogen-bond donors (Lipinski definition) is 0. The number of ether oxygens (including phenoxy) is 1. The van der Waals surface area contributed by atoms with Crippen LogP contribution in [0, 0.1) is 11.8 Å². The van der Waals surface area contributed by atoms with Crippen molar-refractivity contribution in [2.24, 2.45) is 11.8 Å². The van der Waals surface area contributed by atoms with E-state index in [9.17, 15) is 4.79 Å². The summed E-state index contributed by atoms with van der Waals surface area (Å²) in [5.74, 6) is 3.53. The van der Waals surface area contributed by atoms with Crippen LogP contribution in [0.1, 0.15) is 143 Å². The summed E-state index contributed by atoms with van der Waals surface area (Å²) in [7, 11) is 0. The van der Waals surface area contributed by atoms with E-state index in [0.717, 1.165) is 17.4 Å². The summed E-state index contributed by atoms with van der Waals surface area (Å²) < 4.78 is 5.73. The summed E-state index contributed by atoms with van der Waals surface area (Å²) >= 11 is 0. The van der Waals surface area contributed by atoms with E-state index in [0.29, 0.717) is 23.1 Å². The Bertz CT molecular complexity index is 1210. The molecule has 0 unspecified atom stereocenters. The van der Waals surface area contributed by atoms with Gasteiger partial charge in [-0.25, -0.2) is 4.79 Å². The predicted molar refractivity (Wildman–Crippen MR) is 176 cm³/mol. The van der Waals surface area contributed by atoms with Gasteiger partial charge in [-0.1, -0.05) is 107 Å². The van der Waals surface area contributed by atoms with Crippen molar-refractivity contribution in [3.05, 3.63) is 89.5 Å². The fourth-order valence-electron chi connectivity index (χ4n) is 7.47. The molecule has 224 valence electrons. The van der Waals surface area contributed by atoms with Crippen LogP contribution in [0.3, 0.4) is 0 Å². The summed E-state index contributed by atoms with van der Waals surface area (Å²) in [6, 6.07) is 25.2. The molecule has 0 radical (unpaired) electrons. The Labute approximate surface area is 255 Å². The number of carbonyl (C=O) groups is 1. The minimum absolute atomic E-state index is 0.300. The Morgan fingerprint density at radius 1 is 0.571 bits per heavy atom. The van der Waals surface area contributed by atoms with Crippen LogP contribution < -0.4 is 4.74 Å². The van der Waals surface area contributed by atoms with E-state index in [1.165, 1.54) is 113 Å². The van der Waals surface area contributed by atoms with E-state index in [1.807, 2.05) is 36.4 Å². The van der Waals surface area contributed by atoms with E-state index in [1.54, 1.807) is 0 Å². The highest BCUT2D eigenvalue weighted by Crippen LogP contribution is 2.39. The van der Waals surface area contributed by atoms with E-state index >= 15 is 0 Å². The van der Waals surface area contributed by atoms with Gasteiger partial charge < -0.3 is 4.74 Å². The smallest absolute Gasteiger partial charge is 0.343 e. The van der Waals surface area contributed by atoms with E-state index in [-0.39, 0.29) is 5.97 Å². The number of rotatable bonds is 12. The molecule has 2 aliphatic carbocycles. The molecule has 2 aliphatic rings. The molecule has 0 amide bonds. The number of unbranched alkanes of at least 4 members (excludes halogenated alkanes) is 3. The second-order valence-electron chi connectivity index (χ2n) is 13.2. The maximum Gasteiger partial charge on any atom is 0.343 e. The van der Waals surface area contributed by atoms with Crippen molar-refractivity contribution >= 4 is 5.97 Å². The summed E-state index contributed by atoms with van der Waals surface area (Å²) in [6.07, 6.45) is 20.3. The fourth-order valence-corrected chi connectivity index (χ4v) is 7.47. The van der Waals surface area contributed by atoms with Crippen LogP contribution >= 0.6 is 0 Å². The molecular weight excluding hydrogens is 512 g/mol. The molecule has 5 rings (SSSR count). The average molecular weight is 565 g/mol. The van der Waals surface area contributed by atoms with Crippen LogP contribution in [-0.4, -0.2) is 5.97 Å². The maximum atomic E-state index is 12.9. The lowest BCUT2D eigenvalue weighted by molar-refractivity contribution is 0.0734. The molecule has 0 spiro atoms. The predicted octanol–water partition coefficient (Wildman–Crippen LogP) is 11.9. The first-order chi connectivity index (χ1) is 20.6. The third kappa shape index (κ3) is 8.36. The van der Waals surface area contributed by atoms with Crippen LogP contribution in [-0.2, 0) is 0 Å². The Kier molecular flexibility index (Phi) is 11.3. The lowest BCUT2D eigenvalue weighted by Crippen LogP contribution is -2.13. The van der Waals surface area contributed by atoms with E-state index in [4.69, 9.17) is 4.74 Å². The van der Waals surface area contributed by atoms with Gasteiger partial charge in [-0.3, -0.25) is 0 Å². The van der Waals surface area contributed by atoms with Crippen LogP contribution in [0.25, 0.3) is 11.1 Å². The van der Waals surface area contributed by atoms with Crippen LogP contribution in [0.15, 0.2) is 72.8 Å². The standard InChI is InChI=1S/C40H52O2/c1-3-5-7-9-31-12-16-32(17-13-31)34-18-20-35(21-19-34)36-22-24-38(25-23-36)40(41)42-39-28-26-37(27-29-39)33-14-10-30(11-15-33)8-6-4-2/h18-33H,3-17H2,1-2H3. The summed E-state index contributed by atoms with van der Waals surface area (Å²) in [5.41, 5.74) is 5.78. The monoisotopic (exact) mass is 564 g/mol. The zero-order valence-electron chi connectivity index (χ0n) is 26.2. The van der Waals surface area contributed by atoms with Crippen LogP contribution in [0.5, 0.6) is 5.75 Å². The first kappa shape index (κ1) is 30.6. The van der Waals surface area contributed by atoms with Crippen molar-refractivity contribution in [3.8, 4) is 16.9 Å². The van der Waals surface area contributed by atoms with Crippen molar-refractivity contribution in [2.75, 3.05) is 0 Å². The molecule has 2 heteroatoms. The summed E-state index contributed by atoms with van der Waals surface area (Å²) in [4.78, 5) is 12.9. The van der Waals surface area contributed by atoms with Crippen LogP contribution in [0.2, 0.25) is 0 Å². The Balaban J connectivity index is 1.09. The molecule has 0 aromatic heterocycles. The summed E-state index contributed by atoms with van der Waals surface area (Å²) in [5, 5.41) is 0. The molecule has 42 heavy (non-hydrogen) atoms. The molecule has 2 saturated carbocycles. The van der Waals surface area contributed by atoms with E-state index in [2.05, 4.69) is 50.2 Å². The van der Waals surface area contributed by atoms with Crippen molar-refractivity contribution in [2.45, 2.75) is 122 Å².